The summed E-state index contributed by atoms with van der Waals surface area (Å²) in [6.07, 6.45) is 0.258. The third-order valence-corrected chi connectivity index (χ3v) is 3.98. The van der Waals surface area contributed by atoms with Gasteiger partial charge in [-0.05, 0) is 17.7 Å². The highest BCUT2D eigenvalue weighted by atomic mass is 32.1. The van der Waals surface area contributed by atoms with Crippen molar-refractivity contribution in [1.82, 2.24) is 4.98 Å². The van der Waals surface area contributed by atoms with E-state index in [1.807, 2.05) is 54.6 Å². The zero-order valence-electron chi connectivity index (χ0n) is 11.6. The first kappa shape index (κ1) is 14.2. The number of thiazole rings is 1. The van der Waals surface area contributed by atoms with Crippen molar-refractivity contribution in [2.45, 2.75) is 6.42 Å². The van der Waals surface area contributed by atoms with Gasteiger partial charge in [0.1, 0.15) is 5.71 Å². The number of para-hydroxylation sites is 1. The van der Waals surface area contributed by atoms with Crippen molar-refractivity contribution < 1.29 is 9.90 Å². The number of carboxylic acid groups (broad SMARTS) is 1. The topological polar surface area (TPSA) is 74.6 Å². The second-order valence-electron chi connectivity index (χ2n) is 4.62. The van der Waals surface area contributed by atoms with Gasteiger partial charge in [-0.25, -0.2) is 9.78 Å². The molecule has 0 fully saturated rings. The number of carbonyl (C=O) groups is 1. The molecule has 3 rings (SSSR count). The monoisotopic (exact) mass is 311 g/mol. The first-order valence-electron chi connectivity index (χ1n) is 6.68. The number of carboxylic acids is 1. The maximum absolute atomic E-state index is 11.3. The van der Waals surface area contributed by atoms with E-state index in [9.17, 15) is 9.90 Å². The van der Waals surface area contributed by atoms with Crippen LogP contribution in [0.25, 0.3) is 10.2 Å². The van der Waals surface area contributed by atoms with Gasteiger partial charge in [-0.3, -0.25) is 5.43 Å². The van der Waals surface area contributed by atoms with Crippen molar-refractivity contribution in [3.8, 4) is 0 Å². The first-order chi connectivity index (χ1) is 10.7. The summed E-state index contributed by atoms with van der Waals surface area (Å²) in [5.74, 6) is -1.04. The number of fused-ring (bicyclic) bond motifs is 1. The molecule has 2 aromatic carbocycles. The van der Waals surface area contributed by atoms with Gasteiger partial charge < -0.3 is 5.11 Å². The predicted octanol–water partition coefficient (Wildman–Crippen LogP) is 3.39. The average molecular weight is 311 g/mol. The minimum Gasteiger partial charge on any atom is -0.477 e. The van der Waals surface area contributed by atoms with Gasteiger partial charge in [0.25, 0.3) is 0 Å². The van der Waals surface area contributed by atoms with Crippen LogP contribution in [-0.4, -0.2) is 21.8 Å². The third kappa shape index (κ3) is 3.29. The number of rotatable bonds is 5. The molecular formula is C16H13N3O2S. The van der Waals surface area contributed by atoms with Crippen LogP contribution in [0.3, 0.4) is 0 Å². The molecule has 0 bridgehead atoms. The van der Waals surface area contributed by atoms with Crippen molar-refractivity contribution >= 4 is 38.4 Å². The van der Waals surface area contributed by atoms with Crippen LogP contribution in [0, 0.1) is 0 Å². The Hall–Kier alpha value is -2.73. The smallest absolute Gasteiger partial charge is 0.352 e. The highest BCUT2D eigenvalue weighted by Crippen LogP contribution is 2.25. The molecule has 0 aliphatic carbocycles. The van der Waals surface area contributed by atoms with E-state index < -0.39 is 5.97 Å². The van der Waals surface area contributed by atoms with Gasteiger partial charge in [0.2, 0.25) is 5.13 Å². The number of aliphatic carboxylic acids is 1. The van der Waals surface area contributed by atoms with Crippen LogP contribution in [0.1, 0.15) is 5.56 Å². The summed E-state index contributed by atoms with van der Waals surface area (Å²) in [5.41, 5.74) is 4.56. The third-order valence-electron chi connectivity index (χ3n) is 3.04. The molecular weight excluding hydrogens is 298 g/mol. The van der Waals surface area contributed by atoms with Crippen molar-refractivity contribution in [1.29, 1.82) is 0 Å². The van der Waals surface area contributed by atoms with Crippen LogP contribution in [-0.2, 0) is 11.2 Å². The Morgan fingerprint density at radius 2 is 1.86 bits per heavy atom. The molecule has 0 aliphatic heterocycles. The second kappa shape index (κ2) is 6.36. The summed E-state index contributed by atoms with van der Waals surface area (Å²) in [5, 5.41) is 13.8. The highest BCUT2D eigenvalue weighted by Gasteiger charge is 2.11. The van der Waals surface area contributed by atoms with Crippen molar-refractivity contribution in [2.24, 2.45) is 5.10 Å². The van der Waals surface area contributed by atoms with Crippen molar-refractivity contribution in [3.05, 3.63) is 60.2 Å². The van der Waals surface area contributed by atoms with E-state index in [4.69, 9.17) is 0 Å². The van der Waals surface area contributed by atoms with E-state index in [-0.39, 0.29) is 12.1 Å². The molecule has 0 radical (unpaired) electrons. The summed E-state index contributed by atoms with van der Waals surface area (Å²) < 4.78 is 1.03. The van der Waals surface area contributed by atoms with Crippen LogP contribution in [0.5, 0.6) is 0 Å². The Bertz CT molecular complexity index is 795. The van der Waals surface area contributed by atoms with Gasteiger partial charge in [0.05, 0.1) is 10.2 Å². The van der Waals surface area contributed by atoms with Crippen LogP contribution >= 0.6 is 11.3 Å². The predicted molar refractivity (Wildman–Crippen MR) is 88.5 cm³/mol. The minimum atomic E-state index is -1.04. The molecule has 0 saturated carbocycles. The van der Waals surface area contributed by atoms with Crippen LogP contribution in [0.2, 0.25) is 0 Å². The zero-order chi connectivity index (χ0) is 15.4. The Labute approximate surface area is 130 Å². The van der Waals surface area contributed by atoms with E-state index in [1.54, 1.807) is 0 Å². The fourth-order valence-electron chi connectivity index (χ4n) is 1.99. The Kier molecular flexibility index (Phi) is 4.11. The number of hydrogen-bond acceptors (Lipinski definition) is 5. The number of benzene rings is 2. The van der Waals surface area contributed by atoms with E-state index in [1.165, 1.54) is 11.3 Å². The molecule has 0 atom stereocenters. The molecule has 1 aromatic heterocycles. The number of anilines is 1. The quantitative estimate of drug-likeness (QED) is 0.559. The Morgan fingerprint density at radius 3 is 2.59 bits per heavy atom. The molecule has 3 aromatic rings. The summed E-state index contributed by atoms with van der Waals surface area (Å²) in [4.78, 5) is 15.7. The molecule has 22 heavy (non-hydrogen) atoms. The maximum atomic E-state index is 11.3. The molecule has 0 amide bonds. The minimum absolute atomic E-state index is 0.0467. The maximum Gasteiger partial charge on any atom is 0.352 e. The molecule has 5 nitrogen and oxygen atoms in total. The van der Waals surface area contributed by atoms with E-state index in [2.05, 4.69) is 15.5 Å². The normalized spacial score (nSPS) is 11.5. The van der Waals surface area contributed by atoms with Gasteiger partial charge in [-0.15, -0.1) is 0 Å². The molecule has 0 saturated heterocycles. The largest absolute Gasteiger partial charge is 0.477 e. The Balaban J connectivity index is 1.79. The molecule has 110 valence electrons. The second-order valence-corrected chi connectivity index (χ2v) is 5.66. The summed E-state index contributed by atoms with van der Waals surface area (Å²) in [7, 11) is 0. The summed E-state index contributed by atoms with van der Waals surface area (Å²) >= 11 is 1.44. The highest BCUT2D eigenvalue weighted by molar-refractivity contribution is 7.22. The van der Waals surface area contributed by atoms with Crippen LogP contribution in [0.15, 0.2) is 59.7 Å². The SMILES string of the molecule is O=C(O)/C(Cc1ccccc1)=N\Nc1nc2ccccc2s1. The lowest BCUT2D eigenvalue weighted by Crippen LogP contribution is -2.17. The lowest BCUT2D eigenvalue weighted by Gasteiger charge is -2.02. The molecule has 2 N–H and O–H groups in total. The molecule has 0 aliphatic rings. The van der Waals surface area contributed by atoms with Gasteiger partial charge in [0, 0.05) is 6.42 Å². The molecule has 0 spiro atoms. The fourth-order valence-corrected chi connectivity index (χ4v) is 2.80. The summed E-state index contributed by atoms with van der Waals surface area (Å²) in [6.45, 7) is 0. The number of hydrogen-bond donors (Lipinski definition) is 2. The average Bonchev–Trinajstić information content (AvgIpc) is 2.95. The zero-order valence-corrected chi connectivity index (χ0v) is 12.4. The van der Waals surface area contributed by atoms with E-state index in [0.29, 0.717) is 5.13 Å². The number of nitrogens with zero attached hydrogens (tertiary/aromatic N) is 2. The lowest BCUT2D eigenvalue weighted by atomic mass is 10.1. The molecule has 1 heterocycles. The van der Waals surface area contributed by atoms with Gasteiger partial charge in [-0.1, -0.05) is 53.8 Å². The van der Waals surface area contributed by atoms with Crippen molar-refractivity contribution in [3.63, 3.8) is 0 Å². The molecule has 0 unspecified atom stereocenters. The van der Waals surface area contributed by atoms with Crippen molar-refractivity contribution in [2.75, 3.05) is 5.43 Å². The summed E-state index contributed by atoms with van der Waals surface area (Å²) in [6, 6.07) is 17.1. The number of hydrazone groups is 1. The number of aromatic nitrogens is 1. The van der Waals surface area contributed by atoms with Crippen LogP contribution in [0.4, 0.5) is 5.13 Å². The van der Waals surface area contributed by atoms with E-state index >= 15 is 0 Å². The fraction of sp³-hybridized carbons (Fsp3) is 0.0625. The lowest BCUT2D eigenvalue weighted by molar-refractivity contribution is -0.129. The Morgan fingerprint density at radius 1 is 1.14 bits per heavy atom. The molecule has 6 heteroatoms. The van der Waals surface area contributed by atoms with Gasteiger partial charge in [0.15, 0.2) is 0 Å². The van der Waals surface area contributed by atoms with E-state index in [0.717, 1.165) is 15.8 Å². The first-order valence-corrected chi connectivity index (χ1v) is 7.49. The van der Waals surface area contributed by atoms with Gasteiger partial charge >= 0.3 is 5.97 Å². The van der Waals surface area contributed by atoms with Gasteiger partial charge in [-0.2, -0.15) is 5.10 Å². The van der Waals surface area contributed by atoms with Crippen LogP contribution < -0.4 is 5.43 Å². The standard InChI is InChI=1S/C16H13N3O2S/c20-15(21)13(10-11-6-2-1-3-7-11)18-19-16-17-12-8-4-5-9-14(12)22-16/h1-9H,10H2,(H,17,19)(H,20,21)/b18-13-. The number of nitrogens with one attached hydrogen (secondary N) is 1.